The van der Waals surface area contributed by atoms with Gasteiger partial charge >= 0.3 is 5.97 Å². The molecule has 0 aromatic carbocycles. The van der Waals surface area contributed by atoms with Gasteiger partial charge in [-0.1, -0.05) is 0 Å². The van der Waals surface area contributed by atoms with Crippen LogP contribution < -0.4 is 5.32 Å². The van der Waals surface area contributed by atoms with Crippen LogP contribution in [0.15, 0.2) is 0 Å². The highest BCUT2D eigenvalue weighted by Crippen LogP contribution is 2.40. The van der Waals surface area contributed by atoms with Gasteiger partial charge in [0.1, 0.15) is 5.54 Å². The summed E-state index contributed by atoms with van der Waals surface area (Å²) in [4.78, 5) is 17.3. The molecule has 0 aromatic rings. The molecule has 2 bridgehead atoms. The summed E-state index contributed by atoms with van der Waals surface area (Å²) in [6.07, 6.45) is 2.07. The van der Waals surface area contributed by atoms with E-state index in [1.807, 2.05) is 0 Å². The van der Waals surface area contributed by atoms with E-state index >= 15 is 0 Å². The number of nitrogens with zero attached hydrogens (tertiary/aromatic N) is 2. The quantitative estimate of drug-likeness (QED) is 0.674. The predicted octanol–water partition coefficient (Wildman–Crippen LogP) is -0.471. The molecule has 5 heteroatoms. The van der Waals surface area contributed by atoms with Crippen molar-refractivity contribution in [2.45, 2.75) is 18.4 Å². The Morgan fingerprint density at radius 2 is 2.06 bits per heavy atom. The fraction of sp³-hybridized carbons (Fsp3) is 0.923. The van der Waals surface area contributed by atoms with E-state index in [2.05, 4.69) is 15.1 Å². The normalized spacial score (nSPS) is 40.7. The fourth-order valence-corrected chi connectivity index (χ4v) is 4.01. The first kappa shape index (κ1) is 12.4. The smallest absolute Gasteiger partial charge is 0.326 e. The second kappa shape index (κ2) is 4.79. The molecule has 0 radical (unpaired) electrons. The number of methoxy groups -OCH3 is 1. The van der Waals surface area contributed by atoms with E-state index in [1.54, 1.807) is 0 Å². The van der Waals surface area contributed by atoms with Crippen molar-refractivity contribution in [2.24, 2.45) is 5.92 Å². The lowest BCUT2D eigenvalue weighted by molar-refractivity contribution is -0.163. The van der Waals surface area contributed by atoms with Crippen LogP contribution in [0.25, 0.3) is 0 Å². The number of fused-ring (bicyclic) bond motifs is 2. The zero-order chi connectivity index (χ0) is 12.6. The molecular weight excluding hydrogens is 230 g/mol. The van der Waals surface area contributed by atoms with E-state index in [1.165, 1.54) is 7.11 Å². The van der Waals surface area contributed by atoms with Gasteiger partial charge in [-0.2, -0.15) is 0 Å². The lowest BCUT2D eigenvalue weighted by Crippen LogP contribution is -2.66. The first-order chi connectivity index (χ1) is 8.77. The minimum absolute atomic E-state index is 0.00375. The molecule has 18 heavy (non-hydrogen) atoms. The van der Waals surface area contributed by atoms with E-state index in [-0.39, 0.29) is 11.5 Å². The summed E-state index contributed by atoms with van der Waals surface area (Å²) in [5.74, 6) is 0.452. The molecule has 3 aliphatic rings. The van der Waals surface area contributed by atoms with Crippen LogP contribution in [0, 0.1) is 5.92 Å². The lowest BCUT2D eigenvalue weighted by Gasteiger charge is -2.49. The molecule has 0 aromatic heterocycles. The molecule has 3 atom stereocenters. The van der Waals surface area contributed by atoms with Crippen LogP contribution in [-0.4, -0.2) is 74.2 Å². The van der Waals surface area contributed by atoms with Crippen LogP contribution in [0.3, 0.4) is 0 Å². The summed E-state index contributed by atoms with van der Waals surface area (Å²) in [6.45, 7) is 7.14. The summed E-state index contributed by atoms with van der Waals surface area (Å²) in [5, 5.41) is 3.37. The van der Waals surface area contributed by atoms with E-state index in [9.17, 15) is 4.79 Å². The zero-order valence-corrected chi connectivity index (χ0v) is 11.2. The maximum Gasteiger partial charge on any atom is 0.326 e. The molecular formula is C13H23N3O2. The molecule has 3 fully saturated rings. The van der Waals surface area contributed by atoms with Gasteiger partial charge in [-0.15, -0.1) is 0 Å². The van der Waals surface area contributed by atoms with Crippen LogP contribution in [0.5, 0.6) is 0 Å². The molecule has 3 unspecified atom stereocenters. The highest BCUT2D eigenvalue weighted by molar-refractivity contribution is 5.81. The Morgan fingerprint density at radius 3 is 2.78 bits per heavy atom. The molecule has 5 nitrogen and oxygen atoms in total. The van der Waals surface area contributed by atoms with Crippen molar-refractivity contribution in [1.29, 1.82) is 0 Å². The predicted molar refractivity (Wildman–Crippen MR) is 68.4 cm³/mol. The van der Waals surface area contributed by atoms with Crippen LogP contribution in [-0.2, 0) is 9.53 Å². The van der Waals surface area contributed by atoms with Gasteiger partial charge in [-0.25, -0.2) is 0 Å². The average Bonchev–Trinajstić information content (AvgIpc) is 2.83. The highest BCUT2D eigenvalue weighted by Gasteiger charge is 2.55. The largest absolute Gasteiger partial charge is 0.468 e. The molecule has 3 rings (SSSR count). The van der Waals surface area contributed by atoms with E-state index < -0.39 is 0 Å². The topological polar surface area (TPSA) is 44.8 Å². The van der Waals surface area contributed by atoms with Crippen LogP contribution >= 0.6 is 0 Å². The number of hydrogen-bond donors (Lipinski definition) is 1. The Morgan fingerprint density at radius 1 is 1.28 bits per heavy atom. The van der Waals surface area contributed by atoms with Gasteiger partial charge in [0.15, 0.2) is 0 Å². The summed E-state index contributed by atoms with van der Waals surface area (Å²) in [6, 6.07) is 0. The van der Waals surface area contributed by atoms with Gasteiger partial charge in [-0.3, -0.25) is 9.69 Å². The molecule has 0 amide bonds. The Balaban J connectivity index is 1.89. The van der Waals surface area contributed by atoms with Crippen LogP contribution in [0.2, 0.25) is 0 Å². The monoisotopic (exact) mass is 253 g/mol. The van der Waals surface area contributed by atoms with Crippen molar-refractivity contribution in [3.63, 3.8) is 0 Å². The van der Waals surface area contributed by atoms with Crippen molar-refractivity contribution in [3.8, 4) is 0 Å². The SMILES string of the molecule is COC(=O)C1(N2CCNCC2)CCN2CCC1C2. The number of carbonyl (C=O) groups excluding carboxylic acids is 1. The molecule has 1 N–H and O–H groups in total. The van der Waals surface area contributed by atoms with Crippen molar-refractivity contribution in [1.82, 2.24) is 15.1 Å². The minimum atomic E-state index is -0.343. The first-order valence-electron chi connectivity index (χ1n) is 7.04. The molecule has 3 heterocycles. The standard InChI is InChI=1S/C13H23N3O2/c1-18-12(17)13(16-8-4-14-5-9-16)3-7-15-6-2-11(13)10-15/h11,14H,2-10H2,1H3. The Kier molecular flexibility index (Phi) is 3.30. The highest BCUT2D eigenvalue weighted by atomic mass is 16.5. The number of carbonyl (C=O) groups is 1. The summed E-state index contributed by atoms with van der Waals surface area (Å²) >= 11 is 0. The number of hydrogen-bond acceptors (Lipinski definition) is 5. The van der Waals surface area contributed by atoms with Gasteiger partial charge < -0.3 is 15.0 Å². The molecule has 0 saturated carbocycles. The number of ether oxygens (including phenoxy) is 1. The van der Waals surface area contributed by atoms with Gasteiger partial charge in [0.25, 0.3) is 0 Å². The number of nitrogens with one attached hydrogen (secondary N) is 1. The Labute approximate surface area is 108 Å². The molecule has 0 spiro atoms. The second-order valence-electron chi connectivity index (χ2n) is 5.69. The lowest BCUT2D eigenvalue weighted by atomic mass is 9.77. The van der Waals surface area contributed by atoms with Crippen molar-refractivity contribution >= 4 is 5.97 Å². The molecule has 102 valence electrons. The molecule has 0 aliphatic carbocycles. The number of piperidine rings is 1. The average molecular weight is 253 g/mol. The van der Waals surface area contributed by atoms with Gasteiger partial charge in [0.2, 0.25) is 0 Å². The number of piperazine rings is 1. The molecule has 3 aliphatic heterocycles. The van der Waals surface area contributed by atoms with Gasteiger partial charge in [0.05, 0.1) is 7.11 Å². The van der Waals surface area contributed by atoms with E-state index in [4.69, 9.17) is 4.74 Å². The third kappa shape index (κ3) is 1.76. The van der Waals surface area contributed by atoms with Crippen molar-refractivity contribution < 1.29 is 9.53 Å². The maximum absolute atomic E-state index is 12.5. The van der Waals surface area contributed by atoms with E-state index in [0.717, 1.165) is 58.7 Å². The van der Waals surface area contributed by atoms with Gasteiger partial charge in [0, 0.05) is 45.2 Å². The Bertz CT molecular complexity index is 330. The summed E-state index contributed by atoms with van der Waals surface area (Å²) in [7, 11) is 1.54. The Hall–Kier alpha value is -0.650. The van der Waals surface area contributed by atoms with Crippen LogP contribution in [0.1, 0.15) is 12.8 Å². The zero-order valence-electron chi connectivity index (χ0n) is 11.2. The first-order valence-corrected chi connectivity index (χ1v) is 7.04. The third-order valence-electron chi connectivity index (χ3n) is 4.98. The minimum Gasteiger partial charge on any atom is -0.468 e. The summed E-state index contributed by atoms with van der Waals surface area (Å²) in [5.41, 5.74) is -0.343. The second-order valence-corrected chi connectivity index (χ2v) is 5.69. The molecule has 3 saturated heterocycles. The van der Waals surface area contributed by atoms with Crippen molar-refractivity contribution in [2.75, 3.05) is 52.9 Å². The van der Waals surface area contributed by atoms with E-state index in [0.29, 0.717) is 5.92 Å². The number of rotatable bonds is 2. The fourth-order valence-electron chi connectivity index (χ4n) is 4.01. The summed E-state index contributed by atoms with van der Waals surface area (Å²) < 4.78 is 5.18. The van der Waals surface area contributed by atoms with Gasteiger partial charge in [-0.05, 0) is 19.4 Å². The maximum atomic E-state index is 12.5. The number of esters is 1. The van der Waals surface area contributed by atoms with Crippen LogP contribution in [0.4, 0.5) is 0 Å². The third-order valence-corrected chi connectivity index (χ3v) is 4.98. The van der Waals surface area contributed by atoms with Crippen molar-refractivity contribution in [3.05, 3.63) is 0 Å².